The van der Waals surface area contributed by atoms with E-state index in [4.69, 9.17) is 0 Å². The third-order valence-electron chi connectivity index (χ3n) is 4.22. The molecule has 0 aromatic heterocycles. The number of amides is 1. The lowest BCUT2D eigenvalue weighted by Crippen LogP contribution is -2.31. The van der Waals surface area contributed by atoms with E-state index in [1.165, 1.54) is 0 Å². The maximum absolute atomic E-state index is 12.3. The van der Waals surface area contributed by atoms with Crippen LogP contribution in [0, 0.1) is 20.8 Å². The highest BCUT2D eigenvalue weighted by Gasteiger charge is 2.29. The summed E-state index contributed by atoms with van der Waals surface area (Å²) in [6.45, 7) is 7.36. The van der Waals surface area contributed by atoms with E-state index >= 15 is 0 Å². The number of likely N-dealkylation sites (tertiary alicyclic amines) is 1. The van der Waals surface area contributed by atoms with Crippen molar-refractivity contribution >= 4 is 11.9 Å². The van der Waals surface area contributed by atoms with Gasteiger partial charge in [-0.2, -0.15) is 0 Å². The second-order valence-electron chi connectivity index (χ2n) is 6.00. The monoisotopic (exact) mass is 289 g/mol. The first-order valence-corrected chi connectivity index (χ1v) is 7.48. The summed E-state index contributed by atoms with van der Waals surface area (Å²) < 4.78 is 0. The van der Waals surface area contributed by atoms with Crippen LogP contribution in [0.25, 0.3) is 0 Å². The normalized spacial score (nSPS) is 16.0. The Morgan fingerprint density at radius 1 is 1.14 bits per heavy atom. The van der Waals surface area contributed by atoms with Crippen molar-refractivity contribution < 1.29 is 14.7 Å². The van der Waals surface area contributed by atoms with Crippen molar-refractivity contribution in [3.05, 3.63) is 34.4 Å². The van der Waals surface area contributed by atoms with Crippen molar-refractivity contribution in [2.24, 2.45) is 0 Å². The van der Waals surface area contributed by atoms with E-state index in [0.717, 1.165) is 48.2 Å². The Morgan fingerprint density at radius 3 is 2.14 bits per heavy atom. The van der Waals surface area contributed by atoms with Gasteiger partial charge in [-0.15, -0.1) is 0 Å². The quantitative estimate of drug-likeness (QED) is 0.927. The molecule has 1 N–H and O–H groups in total. The summed E-state index contributed by atoms with van der Waals surface area (Å²) in [4.78, 5) is 25.7. The molecular weight excluding hydrogens is 266 g/mol. The van der Waals surface area contributed by atoms with E-state index in [9.17, 15) is 14.7 Å². The minimum absolute atomic E-state index is 0.0423. The Morgan fingerprint density at radius 2 is 1.67 bits per heavy atom. The van der Waals surface area contributed by atoms with Gasteiger partial charge in [-0.1, -0.05) is 17.7 Å². The molecule has 1 unspecified atom stereocenters. The molecule has 1 saturated heterocycles. The summed E-state index contributed by atoms with van der Waals surface area (Å²) >= 11 is 0. The number of nitrogens with zero attached hydrogens (tertiary/aromatic N) is 1. The zero-order valence-electron chi connectivity index (χ0n) is 13.0. The summed E-state index contributed by atoms with van der Waals surface area (Å²) in [5.41, 5.74) is 3.81. The molecule has 1 atom stereocenters. The average molecular weight is 289 g/mol. The van der Waals surface area contributed by atoms with Gasteiger partial charge in [0.05, 0.1) is 5.92 Å². The maximum atomic E-state index is 12.3. The Kier molecular flexibility index (Phi) is 4.66. The molecular formula is C17H23NO3. The topological polar surface area (TPSA) is 57.6 Å². The van der Waals surface area contributed by atoms with Crippen molar-refractivity contribution in [1.82, 2.24) is 4.90 Å². The number of hydrogen-bond acceptors (Lipinski definition) is 2. The lowest BCUT2D eigenvalue weighted by Gasteiger charge is -2.21. The van der Waals surface area contributed by atoms with Crippen LogP contribution in [0.15, 0.2) is 12.1 Å². The Labute approximate surface area is 125 Å². The summed E-state index contributed by atoms with van der Waals surface area (Å²) in [6, 6.07) is 3.97. The minimum Gasteiger partial charge on any atom is -0.481 e. The zero-order chi connectivity index (χ0) is 15.6. The summed E-state index contributed by atoms with van der Waals surface area (Å²) in [5, 5.41) is 9.57. The van der Waals surface area contributed by atoms with Gasteiger partial charge in [0.2, 0.25) is 5.91 Å². The molecule has 0 aliphatic carbocycles. The molecule has 4 nitrogen and oxygen atoms in total. The molecule has 1 heterocycles. The van der Waals surface area contributed by atoms with E-state index in [1.54, 1.807) is 4.90 Å². The first-order chi connectivity index (χ1) is 9.90. The third kappa shape index (κ3) is 3.43. The summed E-state index contributed by atoms with van der Waals surface area (Å²) in [5.74, 6) is -1.71. The van der Waals surface area contributed by atoms with Crippen molar-refractivity contribution in [1.29, 1.82) is 0 Å². The van der Waals surface area contributed by atoms with E-state index in [2.05, 4.69) is 0 Å². The van der Waals surface area contributed by atoms with E-state index < -0.39 is 11.9 Å². The van der Waals surface area contributed by atoms with Crippen LogP contribution in [0.1, 0.15) is 47.4 Å². The number of aliphatic carboxylic acids is 1. The number of hydrogen-bond donors (Lipinski definition) is 1. The van der Waals surface area contributed by atoms with Crippen molar-refractivity contribution in [3.8, 4) is 0 Å². The number of carboxylic acid groups (broad SMARTS) is 1. The molecule has 1 amide bonds. The third-order valence-corrected chi connectivity index (χ3v) is 4.22. The zero-order valence-corrected chi connectivity index (χ0v) is 13.0. The molecule has 21 heavy (non-hydrogen) atoms. The molecule has 1 aliphatic rings. The highest BCUT2D eigenvalue weighted by Crippen LogP contribution is 2.29. The van der Waals surface area contributed by atoms with E-state index in [1.807, 2.05) is 32.9 Å². The van der Waals surface area contributed by atoms with Crippen LogP contribution in [0.2, 0.25) is 0 Å². The largest absolute Gasteiger partial charge is 0.481 e. The van der Waals surface area contributed by atoms with E-state index in [0.29, 0.717) is 0 Å². The SMILES string of the molecule is Cc1cc(C)c(C(CC(=O)N2CCCC2)C(=O)O)c(C)c1. The molecule has 4 heteroatoms. The Bertz CT molecular complexity index is 536. The van der Waals surface area contributed by atoms with Crippen LogP contribution < -0.4 is 0 Å². The number of carbonyl (C=O) groups is 2. The molecule has 0 spiro atoms. The van der Waals surface area contributed by atoms with Crippen LogP contribution in [-0.2, 0) is 9.59 Å². The summed E-state index contributed by atoms with van der Waals surface area (Å²) in [7, 11) is 0. The molecule has 0 saturated carbocycles. The van der Waals surface area contributed by atoms with Gasteiger partial charge in [0.1, 0.15) is 0 Å². The molecule has 1 aliphatic heterocycles. The van der Waals surface area contributed by atoms with Gasteiger partial charge in [-0.25, -0.2) is 0 Å². The van der Waals surface area contributed by atoms with Gasteiger partial charge >= 0.3 is 5.97 Å². The van der Waals surface area contributed by atoms with Crippen LogP contribution in [0.4, 0.5) is 0 Å². The molecule has 114 valence electrons. The van der Waals surface area contributed by atoms with Gasteiger partial charge in [-0.05, 0) is 50.3 Å². The molecule has 1 aromatic rings. The number of rotatable bonds is 4. The summed E-state index contributed by atoms with van der Waals surface area (Å²) in [6.07, 6.45) is 2.10. The average Bonchev–Trinajstić information content (AvgIpc) is 2.89. The highest BCUT2D eigenvalue weighted by molar-refractivity contribution is 5.86. The highest BCUT2D eigenvalue weighted by atomic mass is 16.4. The predicted octanol–water partition coefficient (Wildman–Crippen LogP) is 2.79. The van der Waals surface area contributed by atoms with Gasteiger partial charge < -0.3 is 10.0 Å². The Hall–Kier alpha value is -1.84. The first-order valence-electron chi connectivity index (χ1n) is 7.48. The Balaban J connectivity index is 2.27. The number of benzene rings is 1. The predicted molar refractivity (Wildman–Crippen MR) is 81.5 cm³/mol. The van der Waals surface area contributed by atoms with Gasteiger partial charge in [0.15, 0.2) is 0 Å². The van der Waals surface area contributed by atoms with Crippen LogP contribution in [-0.4, -0.2) is 35.0 Å². The molecule has 0 radical (unpaired) electrons. The number of carbonyl (C=O) groups excluding carboxylic acids is 1. The lowest BCUT2D eigenvalue weighted by molar-refractivity contribution is -0.142. The van der Waals surface area contributed by atoms with Crippen LogP contribution in [0.3, 0.4) is 0 Å². The van der Waals surface area contributed by atoms with Crippen molar-refractivity contribution in [2.75, 3.05) is 13.1 Å². The number of aryl methyl sites for hydroxylation is 3. The first kappa shape index (κ1) is 15.5. The molecule has 1 aromatic carbocycles. The molecule has 0 bridgehead atoms. The standard InChI is InChI=1S/C17H23NO3/c1-11-8-12(2)16(13(3)9-11)14(17(20)21)10-15(19)18-6-4-5-7-18/h8-9,14H,4-7,10H2,1-3H3,(H,20,21). The fraction of sp³-hybridized carbons (Fsp3) is 0.529. The van der Waals surface area contributed by atoms with Gasteiger partial charge in [-0.3, -0.25) is 9.59 Å². The number of carboxylic acids is 1. The molecule has 2 rings (SSSR count). The minimum atomic E-state index is -0.919. The van der Waals surface area contributed by atoms with Crippen molar-refractivity contribution in [2.45, 2.75) is 46.0 Å². The fourth-order valence-corrected chi connectivity index (χ4v) is 3.32. The molecule has 1 fully saturated rings. The van der Waals surface area contributed by atoms with Crippen LogP contribution >= 0.6 is 0 Å². The second-order valence-corrected chi connectivity index (χ2v) is 6.00. The van der Waals surface area contributed by atoms with Gasteiger partial charge in [0.25, 0.3) is 0 Å². The maximum Gasteiger partial charge on any atom is 0.311 e. The van der Waals surface area contributed by atoms with Crippen LogP contribution in [0.5, 0.6) is 0 Å². The van der Waals surface area contributed by atoms with E-state index in [-0.39, 0.29) is 12.3 Å². The smallest absolute Gasteiger partial charge is 0.311 e. The lowest BCUT2D eigenvalue weighted by atomic mass is 9.87. The van der Waals surface area contributed by atoms with Crippen molar-refractivity contribution in [3.63, 3.8) is 0 Å². The fourth-order valence-electron chi connectivity index (χ4n) is 3.32. The second kappa shape index (κ2) is 6.29. The van der Waals surface area contributed by atoms with Gasteiger partial charge in [0, 0.05) is 19.5 Å².